The first-order valence-electron chi connectivity index (χ1n) is 10.4. The third-order valence-corrected chi connectivity index (χ3v) is 5.37. The van der Waals surface area contributed by atoms with E-state index in [1.54, 1.807) is 36.4 Å². The molecule has 0 bridgehead atoms. The van der Waals surface area contributed by atoms with Gasteiger partial charge in [0.25, 0.3) is 5.91 Å². The maximum Gasteiger partial charge on any atom is 0.434 e. The van der Waals surface area contributed by atoms with E-state index < -0.39 is 23.3 Å². The molecule has 0 unspecified atom stereocenters. The molecule has 2 N–H and O–H groups in total. The second-order valence-electron chi connectivity index (χ2n) is 7.79. The number of aromatic amines is 1. The Bertz CT molecular complexity index is 1450. The number of rotatable bonds is 4. The summed E-state index contributed by atoms with van der Waals surface area (Å²) in [5.41, 5.74) is 2.25. The van der Waals surface area contributed by atoms with Gasteiger partial charge < -0.3 is 10.3 Å². The number of hydrogen-bond donors (Lipinski definition) is 2. The van der Waals surface area contributed by atoms with E-state index in [4.69, 9.17) is 0 Å². The molecule has 2 aromatic heterocycles. The van der Waals surface area contributed by atoms with Crippen LogP contribution in [0.1, 0.15) is 21.6 Å². The van der Waals surface area contributed by atoms with Crippen molar-refractivity contribution in [3.05, 3.63) is 95.8 Å². The number of nitrogens with zero attached hydrogens (tertiary/aromatic N) is 3. The number of carbonyl (C=O) groups excluding carboxylic acids is 1. The van der Waals surface area contributed by atoms with Gasteiger partial charge in [-0.25, -0.2) is 9.67 Å². The average Bonchev–Trinajstić information content (AvgIpc) is 3.45. The van der Waals surface area contributed by atoms with Gasteiger partial charge in [-0.3, -0.25) is 4.79 Å². The third-order valence-electron chi connectivity index (χ3n) is 5.37. The summed E-state index contributed by atoms with van der Waals surface area (Å²) in [6, 6.07) is 20.7. The highest BCUT2D eigenvalue weighted by molar-refractivity contribution is 6.05. The first kappa shape index (κ1) is 21.4. The Morgan fingerprint density at radius 3 is 2.35 bits per heavy atom. The number of amides is 1. The zero-order valence-corrected chi connectivity index (χ0v) is 17.9. The van der Waals surface area contributed by atoms with Crippen molar-refractivity contribution in [2.24, 2.45) is 0 Å². The van der Waals surface area contributed by atoms with Crippen molar-refractivity contribution in [1.29, 1.82) is 0 Å². The van der Waals surface area contributed by atoms with Crippen LogP contribution in [0, 0.1) is 6.92 Å². The number of carbonyl (C=O) groups is 1. The molecule has 0 atom stereocenters. The third kappa shape index (κ3) is 4.03. The first-order chi connectivity index (χ1) is 16.3. The molecule has 9 heteroatoms. The molecule has 0 radical (unpaired) electrons. The van der Waals surface area contributed by atoms with E-state index in [1.807, 2.05) is 31.2 Å². The summed E-state index contributed by atoms with van der Waals surface area (Å²) in [4.78, 5) is 20.5. The smallest absolute Gasteiger partial charge is 0.338 e. The number of hydrogen-bond acceptors (Lipinski definition) is 3. The fourth-order valence-electron chi connectivity index (χ4n) is 3.67. The van der Waals surface area contributed by atoms with Crippen LogP contribution in [-0.4, -0.2) is 25.7 Å². The lowest BCUT2D eigenvalue weighted by atomic mass is 10.1. The van der Waals surface area contributed by atoms with Crippen molar-refractivity contribution in [3.63, 3.8) is 0 Å². The quantitative estimate of drug-likeness (QED) is 0.345. The number of anilines is 1. The lowest BCUT2D eigenvalue weighted by molar-refractivity contribution is -0.143. The minimum atomic E-state index is -4.78. The molecule has 0 aliphatic heterocycles. The number of nitrogens with one attached hydrogen (secondary N) is 2. The number of para-hydroxylation sites is 2. The fraction of sp³-hybridized carbons (Fsp3) is 0.0800. The molecule has 34 heavy (non-hydrogen) atoms. The number of imidazole rings is 1. The Labute approximate surface area is 192 Å². The minimum absolute atomic E-state index is 0.215. The monoisotopic (exact) mass is 461 g/mol. The maximum atomic E-state index is 13.9. The van der Waals surface area contributed by atoms with Crippen LogP contribution in [0.4, 0.5) is 18.9 Å². The van der Waals surface area contributed by atoms with E-state index in [0.29, 0.717) is 11.5 Å². The molecule has 0 saturated carbocycles. The standard InChI is InChI=1S/C25H18F3N5O/c1-15-6-12-18(13-7-15)33-22(25(26,27)28)19(14-29-33)24(34)30-17-10-8-16(9-11-17)23-31-20-4-2-3-5-21(20)32-23/h2-14H,1H3,(H,30,34)(H,31,32). The molecule has 1 amide bonds. The number of halogens is 3. The molecular weight excluding hydrogens is 443 g/mol. The summed E-state index contributed by atoms with van der Waals surface area (Å²) in [6.07, 6.45) is -3.85. The van der Waals surface area contributed by atoms with E-state index in [2.05, 4.69) is 20.4 Å². The molecule has 170 valence electrons. The average molecular weight is 461 g/mol. The number of aryl methyl sites for hydroxylation is 1. The van der Waals surface area contributed by atoms with Crippen LogP contribution in [0.15, 0.2) is 79.0 Å². The predicted octanol–water partition coefficient (Wildman–Crippen LogP) is 6.00. The number of benzene rings is 3. The van der Waals surface area contributed by atoms with Crippen LogP contribution in [0.25, 0.3) is 28.1 Å². The molecule has 3 aromatic carbocycles. The van der Waals surface area contributed by atoms with Gasteiger partial charge >= 0.3 is 6.18 Å². The summed E-state index contributed by atoms with van der Waals surface area (Å²) < 4.78 is 42.4. The number of alkyl halides is 3. The summed E-state index contributed by atoms with van der Waals surface area (Å²) in [5, 5.41) is 6.37. The van der Waals surface area contributed by atoms with Gasteiger partial charge in [0.1, 0.15) is 5.82 Å². The zero-order chi connectivity index (χ0) is 23.9. The summed E-state index contributed by atoms with van der Waals surface area (Å²) in [7, 11) is 0. The van der Waals surface area contributed by atoms with Crippen LogP contribution in [0.3, 0.4) is 0 Å². The molecule has 6 nitrogen and oxygen atoms in total. The summed E-state index contributed by atoms with van der Waals surface area (Å²) in [6.45, 7) is 1.83. The lowest BCUT2D eigenvalue weighted by Crippen LogP contribution is -2.20. The van der Waals surface area contributed by atoms with Crippen LogP contribution >= 0.6 is 0 Å². The van der Waals surface area contributed by atoms with Gasteiger partial charge in [0.2, 0.25) is 0 Å². The largest absolute Gasteiger partial charge is 0.434 e. The number of aromatic nitrogens is 4. The van der Waals surface area contributed by atoms with Crippen molar-refractivity contribution < 1.29 is 18.0 Å². The van der Waals surface area contributed by atoms with Crippen molar-refractivity contribution in [2.75, 3.05) is 5.32 Å². The van der Waals surface area contributed by atoms with E-state index >= 15 is 0 Å². The van der Waals surface area contributed by atoms with Gasteiger partial charge in [0.15, 0.2) is 5.69 Å². The second kappa shape index (κ2) is 8.18. The van der Waals surface area contributed by atoms with E-state index in [1.165, 1.54) is 12.1 Å². The molecule has 0 fully saturated rings. The topological polar surface area (TPSA) is 75.6 Å². The highest BCUT2D eigenvalue weighted by Gasteiger charge is 2.40. The summed E-state index contributed by atoms with van der Waals surface area (Å²) >= 11 is 0. The Kier molecular flexibility index (Phi) is 5.16. The fourth-order valence-corrected chi connectivity index (χ4v) is 3.67. The van der Waals surface area contributed by atoms with Crippen molar-refractivity contribution in [2.45, 2.75) is 13.1 Å². The van der Waals surface area contributed by atoms with Crippen molar-refractivity contribution in [1.82, 2.24) is 19.7 Å². The molecule has 0 saturated heterocycles. The lowest BCUT2D eigenvalue weighted by Gasteiger charge is -2.13. The first-order valence-corrected chi connectivity index (χ1v) is 10.4. The Hall–Kier alpha value is -4.40. The molecule has 0 spiro atoms. The van der Waals surface area contributed by atoms with Gasteiger partial charge in [-0.15, -0.1) is 0 Å². The molecule has 0 aliphatic rings. The van der Waals surface area contributed by atoms with Gasteiger partial charge in [0, 0.05) is 11.3 Å². The van der Waals surface area contributed by atoms with Gasteiger partial charge in [-0.2, -0.15) is 18.3 Å². The van der Waals surface area contributed by atoms with Gasteiger partial charge in [-0.1, -0.05) is 29.8 Å². The Morgan fingerprint density at radius 1 is 0.971 bits per heavy atom. The molecule has 0 aliphatic carbocycles. The molecule has 2 heterocycles. The molecule has 5 aromatic rings. The Morgan fingerprint density at radius 2 is 1.68 bits per heavy atom. The van der Waals surface area contributed by atoms with Crippen molar-refractivity contribution >= 4 is 22.6 Å². The summed E-state index contributed by atoms with van der Waals surface area (Å²) in [5.74, 6) is -0.250. The SMILES string of the molecule is Cc1ccc(-n2ncc(C(=O)Nc3ccc(-c4nc5ccccc5[nH]4)cc3)c2C(F)(F)F)cc1. The zero-order valence-electron chi connectivity index (χ0n) is 17.9. The highest BCUT2D eigenvalue weighted by Crippen LogP contribution is 2.34. The number of H-pyrrole nitrogens is 1. The Balaban J connectivity index is 1.41. The van der Waals surface area contributed by atoms with Crippen LogP contribution < -0.4 is 5.32 Å². The van der Waals surface area contributed by atoms with E-state index in [9.17, 15) is 18.0 Å². The van der Waals surface area contributed by atoms with Crippen LogP contribution in [-0.2, 0) is 6.18 Å². The molecule has 5 rings (SSSR count). The maximum absolute atomic E-state index is 13.9. The normalized spacial score (nSPS) is 11.6. The van der Waals surface area contributed by atoms with Crippen molar-refractivity contribution in [3.8, 4) is 17.1 Å². The van der Waals surface area contributed by atoms with Gasteiger partial charge in [-0.05, 0) is 55.5 Å². The minimum Gasteiger partial charge on any atom is -0.338 e. The number of fused-ring (bicyclic) bond motifs is 1. The van der Waals surface area contributed by atoms with Crippen LogP contribution in [0.2, 0.25) is 0 Å². The van der Waals surface area contributed by atoms with Crippen LogP contribution in [0.5, 0.6) is 0 Å². The van der Waals surface area contributed by atoms with E-state index in [-0.39, 0.29) is 5.69 Å². The van der Waals surface area contributed by atoms with Gasteiger partial charge in [0.05, 0.1) is 28.5 Å². The predicted molar refractivity (Wildman–Crippen MR) is 123 cm³/mol. The highest BCUT2D eigenvalue weighted by atomic mass is 19.4. The van der Waals surface area contributed by atoms with E-state index in [0.717, 1.165) is 33.0 Å². The molecular formula is C25H18F3N5O. The second-order valence-corrected chi connectivity index (χ2v) is 7.79.